The van der Waals surface area contributed by atoms with Crippen LogP contribution in [0.4, 0.5) is 14.9 Å². The topological polar surface area (TPSA) is 159 Å². The van der Waals surface area contributed by atoms with E-state index in [1.54, 1.807) is 26.0 Å². The number of aromatic amines is 1. The summed E-state index contributed by atoms with van der Waals surface area (Å²) in [6.45, 7) is 3.14. The average molecular weight is 547 g/mol. The fraction of sp³-hybridized carbons (Fsp3) is 0.130. The number of benzene rings is 2. The van der Waals surface area contributed by atoms with Crippen molar-refractivity contribution in [3.63, 3.8) is 0 Å². The largest absolute Gasteiger partial charge is 0.450 e. The van der Waals surface area contributed by atoms with Gasteiger partial charge < -0.3 is 9.47 Å². The Hall–Kier alpha value is -4.47. The summed E-state index contributed by atoms with van der Waals surface area (Å²) in [5.74, 6) is -1.82. The van der Waals surface area contributed by atoms with Crippen molar-refractivity contribution in [2.24, 2.45) is 5.10 Å². The van der Waals surface area contributed by atoms with E-state index in [1.807, 2.05) is 5.32 Å². The number of hydrazone groups is 1. The van der Waals surface area contributed by atoms with Crippen LogP contribution >= 0.6 is 23.2 Å². The fourth-order valence-corrected chi connectivity index (χ4v) is 3.45. The number of halogens is 3. The van der Waals surface area contributed by atoms with Crippen LogP contribution in [-0.2, 0) is 9.53 Å². The van der Waals surface area contributed by atoms with E-state index in [-0.39, 0.29) is 45.1 Å². The zero-order chi connectivity index (χ0) is 27.1. The number of aromatic nitrogens is 2. The van der Waals surface area contributed by atoms with Gasteiger partial charge in [0.2, 0.25) is 11.6 Å². The quantitative estimate of drug-likeness (QED) is 0.287. The van der Waals surface area contributed by atoms with Gasteiger partial charge in [-0.05, 0) is 31.5 Å². The van der Waals surface area contributed by atoms with E-state index >= 15 is 0 Å². The van der Waals surface area contributed by atoms with E-state index in [0.717, 1.165) is 0 Å². The molecule has 0 aliphatic heterocycles. The van der Waals surface area contributed by atoms with Gasteiger partial charge in [-0.15, -0.1) is 5.10 Å². The van der Waals surface area contributed by atoms with Gasteiger partial charge >= 0.3 is 6.09 Å². The summed E-state index contributed by atoms with van der Waals surface area (Å²) in [5.41, 5.74) is 1.68. The standard InChI is InChI=1S/C23H17Cl2FN6O5/c1-3-36-23(35)28-22(34)17(10-27)30-29-12-7-15(24)20(16(25)8-12)37-18-9-14(21(33)32-31-18)13-6-4-5-11(2)19(13)26/h4-9,29H,3H2,1-2H3,(H,32,33)(H,28,34,35). The van der Waals surface area contributed by atoms with Crippen molar-refractivity contribution in [2.75, 3.05) is 12.0 Å². The molecule has 0 aliphatic carbocycles. The van der Waals surface area contributed by atoms with Crippen LogP contribution < -0.4 is 21.0 Å². The summed E-state index contributed by atoms with van der Waals surface area (Å²) < 4.78 is 24.8. The van der Waals surface area contributed by atoms with Crippen molar-refractivity contribution in [3.8, 4) is 28.8 Å². The van der Waals surface area contributed by atoms with Gasteiger partial charge in [0.25, 0.3) is 11.5 Å². The predicted molar refractivity (Wildman–Crippen MR) is 133 cm³/mol. The van der Waals surface area contributed by atoms with Crippen molar-refractivity contribution in [3.05, 3.63) is 68.2 Å². The lowest BCUT2D eigenvalue weighted by Crippen LogP contribution is -2.36. The minimum atomic E-state index is -1.09. The lowest BCUT2D eigenvalue weighted by atomic mass is 10.0. The molecule has 0 fully saturated rings. The summed E-state index contributed by atoms with van der Waals surface area (Å²) in [4.78, 5) is 35.5. The maximum absolute atomic E-state index is 14.6. The summed E-state index contributed by atoms with van der Waals surface area (Å²) >= 11 is 12.5. The fourth-order valence-electron chi connectivity index (χ4n) is 2.89. The number of rotatable bonds is 7. The molecule has 1 aromatic heterocycles. The van der Waals surface area contributed by atoms with Gasteiger partial charge in [-0.2, -0.15) is 10.4 Å². The van der Waals surface area contributed by atoms with Crippen LogP contribution in [0.25, 0.3) is 11.1 Å². The zero-order valence-corrected chi connectivity index (χ0v) is 20.7. The predicted octanol–water partition coefficient (Wildman–Crippen LogP) is 4.55. The maximum Gasteiger partial charge on any atom is 0.414 e. The van der Waals surface area contributed by atoms with Crippen molar-refractivity contribution in [2.45, 2.75) is 13.8 Å². The Kier molecular flexibility index (Phi) is 8.78. The molecule has 2 aromatic carbocycles. The third-order valence-electron chi connectivity index (χ3n) is 4.58. The lowest BCUT2D eigenvalue weighted by molar-refractivity contribution is -0.114. The molecule has 11 nitrogen and oxygen atoms in total. The van der Waals surface area contributed by atoms with Crippen molar-refractivity contribution in [1.29, 1.82) is 5.26 Å². The number of hydrogen-bond donors (Lipinski definition) is 3. The van der Waals surface area contributed by atoms with E-state index in [1.165, 1.54) is 30.3 Å². The molecule has 14 heteroatoms. The van der Waals surface area contributed by atoms with E-state index in [9.17, 15) is 18.8 Å². The van der Waals surface area contributed by atoms with Crippen LogP contribution in [0.15, 0.2) is 46.3 Å². The number of hydrogen-bond acceptors (Lipinski definition) is 9. The highest BCUT2D eigenvalue weighted by molar-refractivity contribution is 6.47. The van der Waals surface area contributed by atoms with E-state index in [4.69, 9.17) is 33.2 Å². The Bertz CT molecular complexity index is 1480. The molecule has 1 heterocycles. The van der Waals surface area contributed by atoms with Gasteiger partial charge in [0.05, 0.1) is 27.9 Å². The maximum atomic E-state index is 14.6. The molecule has 0 unspecified atom stereocenters. The number of H-pyrrole nitrogens is 1. The number of anilines is 1. The molecular formula is C23H17Cl2FN6O5. The average Bonchev–Trinajstić information content (AvgIpc) is 2.85. The second-order valence-corrected chi connectivity index (χ2v) is 7.93. The first-order valence-corrected chi connectivity index (χ1v) is 11.1. The minimum absolute atomic E-state index is 0.0174. The summed E-state index contributed by atoms with van der Waals surface area (Å²) in [5, 5.41) is 20.6. The molecule has 0 bridgehead atoms. The molecule has 3 aromatic rings. The molecule has 0 aliphatic rings. The third-order valence-corrected chi connectivity index (χ3v) is 5.14. The summed E-state index contributed by atoms with van der Waals surface area (Å²) in [7, 11) is 0. The van der Waals surface area contributed by atoms with Crippen LogP contribution in [0.5, 0.6) is 11.6 Å². The second-order valence-electron chi connectivity index (χ2n) is 7.12. The molecule has 2 amide bonds. The number of carbonyl (C=O) groups excluding carboxylic acids is 2. The van der Waals surface area contributed by atoms with Crippen molar-refractivity contribution < 1.29 is 23.5 Å². The zero-order valence-electron chi connectivity index (χ0n) is 19.2. The number of ether oxygens (including phenoxy) is 2. The van der Waals surface area contributed by atoms with Crippen LogP contribution in [-0.4, -0.2) is 34.5 Å². The minimum Gasteiger partial charge on any atom is -0.450 e. The first kappa shape index (κ1) is 27.1. The Balaban J connectivity index is 1.83. The SMILES string of the molecule is CCOC(=O)NC(=O)C(C#N)=NNc1cc(Cl)c(Oc2cc(-c3cccc(C)c3F)c(=O)[nH]n2)c(Cl)c1. The Morgan fingerprint density at radius 3 is 2.57 bits per heavy atom. The number of aryl methyl sites for hydroxylation is 1. The molecule has 0 spiro atoms. The smallest absolute Gasteiger partial charge is 0.414 e. The molecule has 37 heavy (non-hydrogen) atoms. The molecule has 190 valence electrons. The van der Waals surface area contributed by atoms with Crippen molar-refractivity contribution >= 4 is 46.6 Å². The van der Waals surface area contributed by atoms with Gasteiger partial charge in [0, 0.05) is 11.6 Å². The van der Waals surface area contributed by atoms with Gasteiger partial charge in [-0.1, -0.05) is 41.4 Å². The highest BCUT2D eigenvalue weighted by Gasteiger charge is 2.18. The first-order valence-electron chi connectivity index (χ1n) is 10.4. The molecule has 0 saturated carbocycles. The Labute approximate surface area is 218 Å². The number of nitrogens with one attached hydrogen (secondary N) is 3. The van der Waals surface area contributed by atoms with Gasteiger partial charge in [-0.3, -0.25) is 20.3 Å². The van der Waals surface area contributed by atoms with E-state index in [0.29, 0.717) is 5.56 Å². The van der Waals surface area contributed by atoms with Crippen molar-refractivity contribution in [1.82, 2.24) is 15.5 Å². The molecule has 0 radical (unpaired) electrons. The first-order chi connectivity index (χ1) is 17.6. The lowest BCUT2D eigenvalue weighted by Gasteiger charge is -2.12. The number of alkyl carbamates (subject to hydrolysis) is 1. The Morgan fingerprint density at radius 2 is 1.92 bits per heavy atom. The van der Waals surface area contributed by atoms with Crippen LogP contribution in [0.3, 0.4) is 0 Å². The Morgan fingerprint density at radius 1 is 1.22 bits per heavy atom. The second kappa shape index (κ2) is 12.0. The van der Waals surface area contributed by atoms with E-state index in [2.05, 4.69) is 25.5 Å². The number of imide groups is 1. The number of nitrogens with zero attached hydrogens (tertiary/aromatic N) is 3. The molecule has 0 atom stereocenters. The van der Waals surface area contributed by atoms with Gasteiger partial charge in [0.1, 0.15) is 11.9 Å². The number of carbonyl (C=O) groups is 2. The number of nitriles is 1. The van der Waals surface area contributed by atoms with E-state index < -0.39 is 29.1 Å². The monoisotopic (exact) mass is 546 g/mol. The third kappa shape index (κ3) is 6.60. The normalized spacial score (nSPS) is 10.9. The van der Waals surface area contributed by atoms with Crippen LogP contribution in [0.2, 0.25) is 10.0 Å². The molecule has 3 rings (SSSR count). The van der Waals surface area contributed by atoms with Gasteiger partial charge in [0.15, 0.2) is 5.75 Å². The molecular weight excluding hydrogens is 530 g/mol. The van der Waals surface area contributed by atoms with Crippen LogP contribution in [0.1, 0.15) is 12.5 Å². The van der Waals surface area contributed by atoms with Crippen LogP contribution in [0, 0.1) is 24.1 Å². The highest BCUT2D eigenvalue weighted by Crippen LogP contribution is 2.38. The highest BCUT2D eigenvalue weighted by atomic mass is 35.5. The number of amides is 2. The van der Waals surface area contributed by atoms with Gasteiger partial charge in [-0.25, -0.2) is 14.3 Å². The summed E-state index contributed by atoms with van der Waals surface area (Å²) in [6, 6.07) is 10.0. The molecule has 0 saturated heterocycles. The molecule has 3 N–H and O–H groups in total. The summed E-state index contributed by atoms with van der Waals surface area (Å²) in [6.07, 6.45) is -1.03.